The van der Waals surface area contributed by atoms with Crippen molar-refractivity contribution in [1.82, 2.24) is 0 Å². The van der Waals surface area contributed by atoms with Gasteiger partial charge in [0.15, 0.2) is 5.78 Å². The standard InChI is InChI=1S/C16H17NO/c1-12(18)15-6-4-5-7-16(15)13-8-10-14(11-9-13)17(2)3/h4-11H,1-3H3. The van der Waals surface area contributed by atoms with Gasteiger partial charge < -0.3 is 4.90 Å². The lowest BCUT2D eigenvalue weighted by Crippen LogP contribution is -2.08. The summed E-state index contributed by atoms with van der Waals surface area (Å²) in [7, 11) is 4.02. The highest BCUT2D eigenvalue weighted by atomic mass is 16.1. The fraction of sp³-hybridized carbons (Fsp3) is 0.188. The summed E-state index contributed by atoms with van der Waals surface area (Å²) >= 11 is 0. The molecule has 0 heterocycles. The molecule has 2 rings (SSSR count). The minimum absolute atomic E-state index is 0.0993. The van der Waals surface area contributed by atoms with Crippen molar-refractivity contribution in [3.05, 3.63) is 54.1 Å². The molecule has 0 radical (unpaired) electrons. The van der Waals surface area contributed by atoms with Crippen molar-refractivity contribution in [3.63, 3.8) is 0 Å². The normalized spacial score (nSPS) is 10.2. The monoisotopic (exact) mass is 239 g/mol. The molecule has 0 fully saturated rings. The van der Waals surface area contributed by atoms with E-state index >= 15 is 0 Å². The van der Waals surface area contributed by atoms with E-state index in [4.69, 9.17) is 0 Å². The second-order valence-corrected chi connectivity index (χ2v) is 4.54. The molecule has 0 aliphatic rings. The van der Waals surface area contributed by atoms with Gasteiger partial charge in [0.2, 0.25) is 0 Å². The summed E-state index contributed by atoms with van der Waals surface area (Å²) in [6, 6.07) is 15.9. The van der Waals surface area contributed by atoms with Gasteiger partial charge in [-0.25, -0.2) is 0 Å². The number of hydrogen-bond acceptors (Lipinski definition) is 2. The highest BCUT2D eigenvalue weighted by Crippen LogP contribution is 2.26. The Bertz CT molecular complexity index is 556. The van der Waals surface area contributed by atoms with Crippen LogP contribution in [0.3, 0.4) is 0 Å². The van der Waals surface area contributed by atoms with Crippen molar-refractivity contribution in [2.24, 2.45) is 0 Å². The zero-order valence-corrected chi connectivity index (χ0v) is 11.0. The third kappa shape index (κ3) is 2.43. The Morgan fingerprint density at radius 2 is 1.56 bits per heavy atom. The Morgan fingerprint density at radius 1 is 0.944 bits per heavy atom. The zero-order chi connectivity index (χ0) is 13.1. The van der Waals surface area contributed by atoms with Crippen LogP contribution in [0.4, 0.5) is 5.69 Å². The van der Waals surface area contributed by atoms with Crippen LogP contribution in [-0.4, -0.2) is 19.9 Å². The van der Waals surface area contributed by atoms with Crippen LogP contribution in [0.1, 0.15) is 17.3 Å². The van der Waals surface area contributed by atoms with Crippen molar-refractivity contribution in [2.45, 2.75) is 6.92 Å². The minimum Gasteiger partial charge on any atom is -0.378 e. The molecule has 0 bridgehead atoms. The molecule has 2 nitrogen and oxygen atoms in total. The summed E-state index contributed by atoms with van der Waals surface area (Å²) in [4.78, 5) is 13.7. The number of carbonyl (C=O) groups excluding carboxylic acids is 1. The van der Waals surface area contributed by atoms with E-state index in [0.717, 1.165) is 22.4 Å². The van der Waals surface area contributed by atoms with Crippen molar-refractivity contribution < 1.29 is 4.79 Å². The maximum absolute atomic E-state index is 11.6. The summed E-state index contributed by atoms with van der Waals surface area (Å²) in [5, 5.41) is 0. The lowest BCUT2D eigenvalue weighted by Gasteiger charge is -2.13. The summed E-state index contributed by atoms with van der Waals surface area (Å²) in [6.45, 7) is 1.60. The molecule has 0 unspecified atom stereocenters. The van der Waals surface area contributed by atoms with E-state index in [1.165, 1.54) is 0 Å². The maximum atomic E-state index is 11.6. The van der Waals surface area contributed by atoms with Crippen molar-refractivity contribution in [2.75, 3.05) is 19.0 Å². The van der Waals surface area contributed by atoms with E-state index in [2.05, 4.69) is 29.2 Å². The second-order valence-electron chi connectivity index (χ2n) is 4.54. The first-order valence-corrected chi connectivity index (χ1v) is 5.97. The molecule has 0 aromatic heterocycles. The highest BCUT2D eigenvalue weighted by Gasteiger charge is 2.08. The Hall–Kier alpha value is -2.09. The highest BCUT2D eigenvalue weighted by molar-refractivity contribution is 6.00. The number of Topliss-reactive ketones (excluding diaryl/α,β-unsaturated/α-hetero) is 1. The van der Waals surface area contributed by atoms with E-state index in [-0.39, 0.29) is 5.78 Å². The van der Waals surface area contributed by atoms with Crippen molar-refractivity contribution >= 4 is 11.5 Å². The Kier molecular flexibility index (Phi) is 3.47. The van der Waals surface area contributed by atoms with Crippen LogP contribution in [0.5, 0.6) is 0 Å². The van der Waals surface area contributed by atoms with Gasteiger partial charge in [-0.3, -0.25) is 4.79 Å². The lowest BCUT2D eigenvalue weighted by atomic mass is 9.97. The predicted octanol–water partition coefficient (Wildman–Crippen LogP) is 3.62. The first kappa shape index (κ1) is 12.4. The zero-order valence-electron chi connectivity index (χ0n) is 11.0. The molecule has 0 saturated heterocycles. The van der Waals surface area contributed by atoms with Crippen LogP contribution >= 0.6 is 0 Å². The van der Waals surface area contributed by atoms with Crippen LogP contribution in [0, 0.1) is 0 Å². The molecule has 0 atom stereocenters. The van der Waals surface area contributed by atoms with Gasteiger partial charge in [0.1, 0.15) is 0 Å². The van der Waals surface area contributed by atoms with E-state index < -0.39 is 0 Å². The largest absolute Gasteiger partial charge is 0.378 e. The Balaban J connectivity index is 2.46. The number of rotatable bonds is 3. The second kappa shape index (κ2) is 5.05. The molecule has 0 N–H and O–H groups in total. The van der Waals surface area contributed by atoms with Crippen LogP contribution in [0.25, 0.3) is 11.1 Å². The van der Waals surface area contributed by atoms with Gasteiger partial charge in [-0.15, -0.1) is 0 Å². The van der Waals surface area contributed by atoms with E-state index in [0.29, 0.717) is 0 Å². The topological polar surface area (TPSA) is 20.3 Å². The van der Waals surface area contributed by atoms with Gasteiger partial charge in [0, 0.05) is 25.3 Å². The van der Waals surface area contributed by atoms with Gasteiger partial charge in [0.25, 0.3) is 0 Å². The molecule has 92 valence electrons. The molecule has 0 spiro atoms. The summed E-state index contributed by atoms with van der Waals surface area (Å²) in [5.74, 6) is 0.0993. The number of nitrogens with zero attached hydrogens (tertiary/aromatic N) is 1. The van der Waals surface area contributed by atoms with Gasteiger partial charge in [0.05, 0.1) is 0 Å². The smallest absolute Gasteiger partial charge is 0.160 e. The fourth-order valence-corrected chi connectivity index (χ4v) is 1.98. The first-order chi connectivity index (χ1) is 8.59. The van der Waals surface area contributed by atoms with Crippen molar-refractivity contribution in [1.29, 1.82) is 0 Å². The molecular weight excluding hydrogens is 222 g/mol. The van der Waals surface area contributed by atoms with Crippen LogP contribution in [-0.2, 0) is 0 Å². The molecular formula is C16H17NO. The van der Waals surface area contributed by atoms with Crippen LogP contribution in [0.15, 0.2) is 48.5 Å². The van der Waals surface area contributed by atoms with Crippen LogP contribution in [0.2, 0.25) is 0 Å². The van der Waals surface area contributed by atoms with Gasteiger partial charge in [-0.2, -0.15) is 0 Å². The molecule has 2 aromatic carbocycles. The van der Waals surface area contributed by atoms with E-state index in [1.807, 2.05) is 38.4 Å². The van der Waals surface area contributed by atoms with Gasteiger partial charge in [-0.05, 0) is 30.2 Å². The van der Waals surface area contributed by atoms with Crippen molar-refractivity contribution in [3.8, 4) is 11.1 Å². The molecule has 0 aliphatic heterocycles. The van der Waals surface area contributed by atoms with E-state index in [1.54, 1.807) is 6.92 Å². The van der Waals surface area contributed by atoms with E-state index in [9.17, 15) is 4.79 Å². The molecule has 2 heteroatoms. The van der Waals surface area contributed by atoms with Crippen LogP contribution < -0.4 is 4.90 Å². The number of benzene rings is 2. The number of anilines is 1. The summed E-state index contributed by atoms with van der Waals surface area (Å²) in [6.07, 6.45) is 0. The molecule has 2 aromatic rings. The number of ketones is 1. The number of hydrogen-bond donors (Lipinski definition) is 0. The average molecular weight is 239 g/mol. The molecule has 18 heavy (non-hydrogen) atoms. The SMILES string of the molecule is CC(=O)c1ccccc1-c1ccc(N(C)C)cc1. The predicted molar refractivity (Wildman–Crippen MR) is 76.2 cm³/mol. The summed E-state index contributed by atoms with van der Waals surface area (Å²) < 4.78 is 0. The third-order valence-electron chi connectivity index (χ3n) is 3.00. The average Bonchev–Trinajstić information content (AvgIpc) is 2.39. The maximum Gasteiger partial charge on any atom is 0.160 e. The summed E-state index contributed by atoms with van der Waals surface area (Å²) in [5.41, 5.74) is 4.00. The molecule has 0 saturated carbocycles. The number of carbonyl (C=O) groups is 1. The van der Waals surface area contributed by atoms with Gasteiger partial charge in [-0.1, -0.05) is 36.4 Å². The molecule has 0 amide bonds. The fourth-order valence-electron chi connectivity index (χ4n) is 1.98. The quantitative estimate of drug-likeness (QED) is 0.762. The minimum atomic E-state index is 0.0993. The Labute approximate surface area is 108 Å². The first-order valence-electron chi connectivity index (χ1n) is 5.97. The third-order valence-corrected chi connectivity index (χ3v) is 3.00. The van der Waals surface area contributed by atoms with Gasteiger partial charge >= 0.3 is 0 Å². The lowest BCUT2D eigenvalue weighted by molar-refractivity contribution is 0.101. The molecule has 0 aliphatic carbocycles. The Morgan fingerprint density at radius 3 is 2.11 bits per heavy atom.